The molecule has 1 fully saturated rings. The molecule has 1 atom stereocenters. The van der Waals surface area contributed by atoms with Crippen LogP contribution in [0.25, 0.3) is 0 Å². The van der Waals surface area contributed by atoms with Crippen LogP contribution >= 0.6 is 0 Å². The fourth-order valence-electron chi connectivity index (χ4n) is 3.09. The number of nitrogens with zero attached hydrogens (tertiary/aromatic N) is 2. The van der Waals surface area contributed by atoms with E-state index in [0.29, 0.717) is 25.3 Å². The molecule has 1 aromatic carbocycles. The predicted octanol–water partition coefficient (Wildman–Crippen LogP) is 3.16. The van der Waals surface area contributed by atoms with Crippen molar-refractivity contribution in [1.29, 1.82) is 5.26 Å². The lowest BCUT2D eigenvalue weighted by Gasteiger charge is -2.23. The molecule has 10 heteroatoms. The number of pyridine rings is 1. The van der Waals surface area contributed by atoms with Crippen molar-refractivity contribution in [3.05, 3.63) is 53.2 Å². The molecular formula is C20H18F3N5O2. The number of rotatable bonds is 5. The molecule has 3 rings (SSSR count). The summed E-state index contributed by atoms with van der Waals surface area (Å²) in [6.45, 7) is 1.03. The summed E-state index contributed by atoms with van der Waals surface area (Å²) in [6.07, 6.45) is -1.99. The van der Waals surface area contributed by atoms with Gasteiger partial charge in [0.25, 0.3) is 5.91 Å². The molecule has 2 amide bonds. The van der Waals surface area contributed by atoms with E-state index in [1.807, 2.05) is 0 Å². The van der Waals surface area contributed by atoms with Crippen molar-refractivity contribution in [2.24, 2.45) is 5.92 Å². The van der Waals surface area contributed by atoms with Crippen molar-refractivity contribution in [2.75, 3.05) is 23.7 Å². The summed E-state index contributed by atoms with van der Waals surface area (Å²) in [5.41, 5.74) is -1.37. The average molecular weight is 417 g/mol. The predicted molar refractivity (Wildman–Crippen MR) is 103 cm³/mol. The van der Waals surface area contributed by atoms with Gasteiger partial charge >= 0.3 is 6.18 Å². The summed E-state index contributed by atoms with van der Waals surface area (Å²) in [5.74, 6) is -0.0586. The van der Waals surface area contributed by atoms with Crippen LogP contribution in [0.3, 0.4) is 0 Å². The zero-order valence-electron chi connectivity index (χ0n) is 15.7. The Hall–Kier alpha value is -3.61. The van der Waals surface area contributed by atoms with Gasteiger partial charge in [-0.1, -0.05) is 0 Å². The van der Waals surface area contributed by atoms with E-state index in [1.54, 1.807) is 6.07 Å². The minimum atomic E-state index is -4.66. The number of carbonyl (C=O) groups is 2. The van der Waals surface area contributed by atoms with Crippen LogP contribution in [0.5, 0.6) is 0 Å². The van der Waals surface area contributed by atoms with E-state index in [9.17, 15) is 22.8 Å². The average Bonchev–Trinajstić information content (AvgIpc) is 2.72. The van der Waals surface area contributed by atoms with Crippen molar-refractivity contribution >= 4 is 23.3 Å². The molecule has 0 radical (unpaired) electrons. The van der Waals surface area contributed by atoms with Crippen LogP contribution in [0.1, 0.15) is 34.3 Å². The molecule has 0 spiro atoms. The van der Waals surface area contributed by atoms with Gasteiger partial charge in [0.15, 0.2) is 0 Å². The van der Waals surface area contributed by atoms with Crippen molar-refractivity contribution in [3.8, 4) is 6.07 Å². The molecular weight excluding hydrogens is 399 g/mol. The van der Waals surface area contributed by atoms with Crippen LogP contribution in [0.15, 0.2) is 36.5 Å². The lowest BCUT2D eigenvalue weighted by atomic mass is 9.99. The number of piperidine rings is 1. The molecule has 1 aromatic heterocycles. The number of anilines is 2. The van der Waals surface area contributed by atoms with Gasteiger partial charge in [0.1, 0.15) is 5.82 Å². The Bertz CT molecular complexity index is 991. The number of halogens is 3. The number of carbonyl (C=O) groups excluding carboxylic acids is 2. The smallest absolute Gasteiger partial charge is 0.369 e. The second-order valence-corrected chi connectivity index (χ2v) is 6.81. The van der Waals surface area contributed by atoms with E-state index in [4.69, 9.17) is 5.26 Å². The zero-order chi connectivity index (χ0) is 21.7. The highest BCUT2D eigenvalue weighted by Gasteiger charge is 2.33. The van der Waals surface area contributed by atoms with Gasteiger partial charge in [-0.3, -0.25) is 9.59 Å². The lowest BCUT2D eigenvalue weighted by molar-refractivity contribution is -0.137. The van der Waals surface area contributed by atoms with Crippen molar-refractivity contribution in [1.82, 2.24) is 10.3 Å². The second kappa shape index (κ2) is 8.82. The molecule has 1 unspecified atom stereocenters. The van der Waals surface area contributed by atoms with Crippen molar-refractivity contribution in [3.63, 3.8) is 0 Å². The van der Waals surface area contributed by atoms with Gasteiger partial charge < -0.3 is 16.0 Å². The van der Waals surface area contributed by atoms with Crippen LogP contribution in [0.2, 0.25) is 0 Å². The molecule has 0 saturated carbocycles. The maximum absolute atomic E-state index is 12.9. The summed E-state index contributed by atoms with van der Waals surface area (Å²) in [5, 5.41) is 17.4. The van der Waals surface area contributed by atoms with Crippen molar-refractivity contribution in [2.45, 2.75) is 19.0 Å². The Morgan fingerprint density at radius 1 is 1.33 bits per heavy atom. The summed E-state index contributed by atoms with van der Waals surface area (Å²) < 4.78 is 38.8. The van der Waals surface area contributed by atoms with Crippen LogP contribution in [0, 0.1) is 17.2 Å². The molecule has 1 saturated heterocycles. The van der Waals surface area contributed by atoms with E-state index < -0.39 is 23.2 Å². The standard InChI is InChI=1S/C20H18F3N5O2/c21-20(22,23)16-5-4-14(8-13(16)9-24)28-19(30)15-2-1-7-25-18(15)27-11-12-3-6-17(29)26-10-12/h1-2,4-5,7-8,12H,3,6,10-11H2,(H,25,27)(H,26,29)(H,28,30). The summed E-state index contributed by atoms with van der Waals surface area (Å²) in [7, 11) is 0. The number of benzene rings is 1. The number of amides is 2. The van der Waals surface area contributed by atoms with Gasteiger partial charge in [0, 0.05) is 31.4 Å². The van der Waals surface area contributed by atoms with Gasteiger partial charge in [-0.25, -0.2) is 4.98 Å². The minimum Gasteiger partial charge on any atom is -0.369 e. The fraction of sp³-hybridized carbons (Fsp3) is 0.300. The molecule has 156 valence electrons. The van der Waals surface area contributed by atoms with Gasteiger partial charge in [-0.2, -0.15) is 18.4 Å². The van der Waals surface area contributed by atoms with E-state index >= 15 is 0 Å². The van der Waals surface area contributed by atoms with Crippen LogP contribution < -0.4 is 16.0 Å². The van der Waals surface area contributed by atoms with Gasteiger partial charge in [0.05, 0.1) is 22.8 Å². The largest absolute Gasteiger partial charge is 0.417 e. The van der Waals surface area contributed by atoms with E-state index in [2.05, 4.69) is 20.9 Å². The Morgan fingerprint density at radius 2 is 2.13 bits per heavy atom. The number of hydrogen-bond acceptors (Lipinski definition) is 5. The highest BCUT2D eigenvalue weighted by atomic mass is 19.4. The molecule has 0 bridgehead atoms. The zero-order valence-corrected chi connectivity index (χ0v) is 15.7. The monoisotopic (exact) mass is 417 g/mol. The number of alkyl halides is 3. The first-order valence-corrected chi connectivity index (χ1v) is 9.16. The number of nitrogens with one attached hydrogen (secondary N) is 3. The summed E-state index contributed by atoms with van der Waals surface area (Å²) in [4.78, 5) is 28.1. The normalized spacial score (nSPS) is 16.3. The first-order valence-electron chi connectivity index (χ1n) is 9.16. The Balaban J connectivity index is 1.72. The van der Waals surface area contributed by atoms with Gasteiger partial charge in [-0.05, 0) is 42.7 Å². The number of nitriles is 1. The first-order chi connectivity index (χ1) is 14.3. The topological polar surface area (TPSA) is 107 Å². The molecule has 2 heterocycles. The van der Waals surface area contributed by atoms with Gasteiger partial charge in [-0.15, -0.1) is 0 Å². The maximum atomic E-state index is 12.9. The molecule has 7 nitrogen and oxygen atoms in total. The number of aromatic nitrogens is 1. The molecule has 0 aliphatic carbocycles. The molecule has 1 aliphatic rings. The van der Waals surface area contributed by atoms with Crippen molar-refractivity contribution < 1.29 is 22.8 Å². The highest BCUT2D eigenvalue weighted by Crippen LogP contribution is 2.33. The Morgan fingerprint density at radius 3 is 2.80 bits per heavy atom. The minimum absolute atomic E-state index is 0.0115. The van der Waals surface area contributed by atoms with Crippen LogP contribution in [0.4, 0.5) is 24.7 Å². The third kappa shape index (κ3) is 5.05. The van der Waals surface area contributed by atoms with Gasteiger partial charge in [0.2, 0.25) is 5.91 Å². The van der Waals surface area contributed by atoms with Crippen LogP contribution in [-0.4, -0.2) is 29.9 Å². The number of hydrogen-bond donors (Lipinski definition) is 3. The highest BCUT2D eigenvalue weighted by molar-refractivity contribution is 6.07. The third-order valence-corrected chi connectivity index (χ3v) is 4.68. The lowest BCUT2D eigenvalue weighted by Crippen LogP contribution is -2.37. The summed E-state index contributed by atoms with van der Waals surface area (Å²) >= 11 is 0. The van der Waals surface area contributed by atoms with E-state index in [-0.39, 0.29) is 23.1 Å². The maximum Gasteiger partial charge on any atom is 0.417 e. The Kier molecular flexibility index (Phi) is 6.20. The summed E-state index contributed by atoms with van der Waals surface area (Å²) in [6, 6.07) is 7.43. The Labute approximate surface area is 170 Å². The van der Waals surface area contributed by atoms with E-state index in [1.165, 1.54) is 18.3 Å². The molecule has 3 N–H and O–H groups in total. The van der Waals surface area contributed by atoms with Crippen LogP contribution in [-0.2, 0) is 11.0 Å². The quantitative estimate of drug-likeness (QED) is 0.693. The first kappa shape index (κ1) is 21.1. The second-order valence-electron chi connectivity index (χ2n) is 6.81. The molecule has 2 aromatic rings. The molecule has 1 aliphatic heterocycles. The van der Waals surface area contributed by atoms with E-state index in [0.717, 1.165) is 24.6 Å². The fourth-order valence-corrected chi connectivity index (χ4v) is 3.09. The third-order valence-electron chi connectivity index (χ3n) is 4.68. The SMILES string of the molecule is N#Cc1cc(NC(=O)c2cccnc2NCC2CCC(=O)NC2)ccc1C(F)(F)F. The molecule has 30 heavy (non-hydrogen) atoms.